The number of pyridine rings is 1. The summed E-state index contributed by atoms with van der Waals surface area (Å²) in [5.74, 6) is 0.523. The minimum atomic E-state index is -0.0430. The van der Waals surface area contributed by atoms with Crippen LogP contribution in [0.5, 0.6) is 0 Å². The summed E-state index contributed by atoms with van der Waals surface area (Å²) in [5, 5.41) is 0. The zero-order valence-electron chi connectivity index (χ0n) is 14.5. The molecule has 5 heteroatoms. The van der Waals surface area contributed by atoms with Crippen molar-refractivity contribution in [3.8, 4) is 0 Å². The van der Waals surface area contributed by atoms with E-state index in [1.807, 2.05) is 9.80 Å². The quantitative estimate of drug-likeness (QED) is 0.838. The highest BCUT2D eigenvalue weighted by molar-refractivity contribution is 5.98. The van der Waals surface area contributed by atoms with E-state index >= 15 is 0 Å². The third-order valence-electron chi connectivity index (χ3n) is 5.06. The maximum Gasteiger partial charge on any atom is 0.272 e. The lowest BCUT2D eigenvalue weighted by Gasteiger charge is -2.31. The Morgan fingerprint density at radius 1 is 1.00 bits per heavy atom. The molecule has 2 aliphatic heterocycles. The van der Waals surface area contributed by atoms with Crippen LogP contribution in [0.2, 0.25) is 0 Å². The van der Waals surface area contributed by atoms with Crippen LogP contribution < -0.4 is 0 Å². The summed E-state index contributed by atoms with van der Waals surface area (Å²) in [7, 11) is 0. The standard InChI is InChI=1S/C19H27N3O2/c1-15-7-6-12-22(14-15)18(23)16-8-9-20-17(13-16)19(24)21-10-4-2-3-5-11-21/h8-9,13,15H,2-7,10-12,14H2,1H3. The highest BCUT2D eigenvalue weighted by Crippen LogP contribution is 2.19. The molecule has 0 bridgehead atoms. The second kappa shape index (κ2) is 7.77. The molecule has 0 saturated carbocycles. The van der Waals surface area contributed by atoms with Gasteiger partial charge in [0.1, 0.15) is 5.69 Å². The smallest absolute Gasteiger partial charge is 0.272 e. The zero-order chi connectivity index (χ0) is 16.9. The van der Waals surface area contributed by atoms with E-state index in [1.165, 1.54) is 19.3 Å². The highest BCUT2D eigenvalue weighted by atomic mass is 16.2. The first-order valence-electron chi connectivity index (χ1n) is 9.20. The van der Waals surface area contributed by atoms with Gasteiger partial charge in [0.05, 0.1) is 0 Å². The monoisotopic (exact) mass is 329 g/mol. The summed E-state index contributed by atoms with van der Waals surface area (Å²) in [6, 6.07) is 3.40. The predicted octanol–water partition coefficient (Wildman–Crippen LogP) is 2.97. The first-order chi connectivity index (χ1) is 11.6. The fourth-order valence-electron chi connectivity index (χ4n) is 3.67. The second-order valence-electron chi connectivity index (χ2n) is 7.13. The summed E-state index contributed by atoms with van der Waals surface area (Å²) >= 11 is 0. The molecule has 2 amide bonds. The number of carbonyl (C=O) groups is 2. The van der Waals surface area contributed by atoms with Crippen molar-refractivity contribution in [1.29, 1.82) is 0 Å². The van der Waals surface area contributed by atoms with Crippen LogP contribution in [0.15, 0.2) is 18.3 Å². The number of piperidine rings is 1. The van der Waals surface area contributed by atoms with Gasteiger partial charge in [0.15, 0.2) is 0 Å². The first-order valence-corrected chi connectivity index (χ1v) is 9.20. The van der Waals surface area contributed by atoms with E-state index in [2.05, 4.69) is 11.9 Å². The Balaban J connectivity index is 1.73. The number of carbonyl (C=O) groups excluding carboxylic acids is 2. The summed E-state index contributed by atoms with van der Waals surface area (Å²) in [6.07, 6.45) is 8.29. The van der Waals surface area contributed by atoms with Crippen LogP contribution in [0.3, 0.4) is 0 Å². The molecule has 24 heavy (non-hydrogen) atoms. The first kappa shape index (κ1) is 16.9. The van der Waals surface area contributed by atoms with E-state index in [1.54, 1.807) is 18.3 Å². The summed E-state index contributed by atoms with van der Waals surface area (Å²) in [6.45, 7) is 5.38. The Kier molecular flexibility index (Phi) is 5.48. The molecule has 0 aliphatic carbocycles. The molecular formula is C19H27N3O2. The molecule has 1 unspecified atom stereocenters. The van der Waals surface area contributed by atoms with Gasteiger partial charge in [-0.2, -0.15) is 0 Å². The fraction of sp³-hybridized carbons (Fsp3) is 0.632. The number of likely N-dealkylation sites (tertiary alicyclic amines) is 2. The lowest BCUT2D eigenvalue weighted by Crippen LogP contribution is -2.39. The van der Waals surface area contributed by atoms with Gasteiger partial charge in [-0.05, 0) is 43.7 Å². The third kappa shape index (κ3) is 3.94. The van der Waals surface area contributed by atoms with Gasteiger partial charge in [-0.25, -0.2) is 0 Å². The van der Waals surface area contributed by atoms with Crippen molar-refractivity contribution in [2.24, 2.45) is 5.92 Å². The zero-order valence-corrected chi connectivity index (χ0v) is 14.5. The van der Waals surface area contributed by atoms with Gasteiger partial charge in [-0.1, -0.05) is 19.8 Å². The van der Waals surface area contributed by atoms with Crippen molar-refractivity contribution in [2.75, 3.05) is 26.2 Å². The Morgan fingerprint density at radius 3 is 2.42 bits per heavy atom. The van der Waals surface area contributed by atoms with Crippen molar-refractivity contribution < 1.29 is 9.59 Å². The van der Waals surface area contributed by atoms with E-state index in [0.29, 0.717) is 17.2 Å². The number of hydrogen-bond acceptors (Lipinski definition) is 3. The van der Waals surface area contributed by atoms with Crippen LogP contribution in [0, 0.1) is 5.92 Å². The Labute approximate surface area is 144 Å². The van der Waals surface area contributed by atoms with Crippen LogP contribution in [-0.2, 0) is 0 Å². The summed E-state index contributed by atoms with van der Waals surface area (Å²) in [4.78, 5) is 33.4. The minimum Gasteiger partial charge on any atom is -0.338 e. The van der Waals surface area contributed by atoms with Crippen LogP contribution in [0.1, 0.15) is 66.3 Å². The van der Waals surface area contributed by atoms with Gasteiger partial charge in [-0.15, -0.1) is 0 Å². The Morgan fingerprint density at radius 2 is 1.71 bits per heavy atom. The molecule has 3 rings (SSSR count). The molecule has 0 spiro atoms. The van der Waals surface area contributed by atoms with Gasteiger partial charge in [0.2, 0.25) is 0 Å². The van der Waals surface area contributed by atoms with Crippen molar-refractivity contribution in [2.45, 2.75) is 45.4 Å². The van der Waals surface area contributed by atoms with Crippen molar-refractivity contribution in [1.82, 2.24) is 14.8 Å². The minimum absolute atomic E-state index is 0.0221. The van der Waals surface area contributed by atoms with E-state index in [9.17, 15) is 9.59 Å². The van der Waals surface area contributed by atoms with E-state index in [0.717, 1.165) is 45.4 Å². The molecule has 130 valence electrons. The molecule has 1 aromatic rings. The van der Waals surface area contributed by atoms with Gasteiger partial charge in [0, 0.05) is 37.9 Å². The van der Waals surface area contributed by atoms with Crippen LogP contribution in [0.4, 0.5) is 0 Å². The molecule has 0 N–H and O–H groups in total. The molecule has 1 aromatic heterocycles. The SMILES string of the molecule is CC1CCCN(C(=O)c2ccnc(C(=O)N3CCCCCC3)c2)C1. The number of aromatic nitrogens is 1. The van der Waals surface area contributed by atoms with Crippen LogP contribution >= 0.6 is 0 Å². The topological polar surface area (TPSA) is 53.5 Å². The largest absolute Gasteiger partial charge is 0.338 e. The van der Waals surface area contributed by atoms with Crippen LogP contribution in [-0.4, -0.2) is 52.8 Å². The average Bonchev–Trinajstić information content (AvgIpc) is 2.90. The lowest BCUT2D eigenvalue weighted by molar-refractivity contribution is 0.0683. The molecule has 2 aliphatic rings. The summed E-state index contributed by atoms with van der Waals surface area (Å²) in [5.41, 5.74) is 0.977. The molecule has 2 saturated heterocycles. The lowest BCUT2D eigenvalue weighted by atomic mass is 9.99. The average molecular weight is 329 g/mol. The normalized spacial score (nSPS) is 22.1. The van der Waals surface area contributed by atoms with E-state index in [-0.39, 0.29) is 11.8 Å². The number of nitrogens with zero attached hydrogens (tertiary/aromatic N) is 3. The number of amides is 2. The van der Waals surface area contributed by atoms with Crippen molar-refractivity contribution in [3.05, 3.63) is 29.6 Å². The Hall–Kier alpha value is -1.91. The molecule has 2 fully saturated rings. The Bertz CT molecular complexity index is 565. The van der Waals surface area contributed by atoms with Gasteiger partial charge >= 0.3 is 0 Å². The third-order valence-corrected chi connectivity index (χ3v) is 5.06. The van der Waals surface area contributed by atoms with E-state index < -0.39 is 0 Å². The van der Waals surface area contributed by atoms with Crippen molar-refractivity contribution >= 4 is 11.8 Å². The number of rotatable bonds is 2. The highest BCUT2D eigenvalue weighted by Gasteiger charge is 2.24. The summed E-state index contributed by atoms with van der Waals surface area (Å²) < 4.78 is 0. The predicted molar refractivity (Wildman–Crippen MR) is 92.9 cm³/mol. The maximum absolute atomic E-state index is 12.7. The molecule has 1 atom stereocenters. The van der Waals surface area contributed by atoms with Crippen LogP contribution in [0.25, 0.3) is 0 Å². The number of hydrogen-bond donors (Lipinski definition) is 0. The van der Waals surface area contributed by atoms with Crippen molar-refractivity contribution in [3.63, 3.8) is 0 Å². The molecule has 3 heterocycles. The molecule has 0 radical (unpaired) electrons. The van der Waals surface area contributed by atoms with E-state index in [4.69, 9.17) is 0 Å². The second-order valence-corrected chi connectivity index (χ2v) is 7.13. The maximum atomic E-state index is 12.7. The van der Waals surface area contributed by atoms with Gasteiger partial charge in [0.25, 0.3) is 11.8 Å². The van der Waals surface area contributed by atoms with Gasteiger partial charge in [-0.3, -0.25) is 14.6 Å². The molecular weight excluding hydrogens is 302 g/mol. The molecule has 5 nitrogen and oxygen atoms in total. The molecule has 0 aromatic carbocycles. The van der Waals surface area contributed by atoms with Gasteiger partial charge < -0.3 is 9.80 Å². The fourth-order valence-corrected chi connectivity index (χ4v) is 3.67.